The molecule has 0 aliphatic heterocycles. The summed E-state index contributed by atoms with van der Waals surface area (Å²) >= 11 is 0. The highest BCUT2D eigenvalue weighted by Crippen LogP contribution is 2.15. The molecular weight excluding hydrogens is 174 g/mol. The second kappa shape index (κ2) is 4.30. The maximum Gasteiger partial charge on any atom is 0.128 e. The average Bonchev–Trinajstić information content (AvgIpc) is 2.09. The van der Waals surface area contributed by atoms with Gasteiger partial charge in [-0.25, -0.2) is 8.78 Å². The quantitative estimate of drug-likeness (QED) is 0.744. The summed E-state index contributed by atoms with van der Waals surface area (Å²) in [5.41, 5.74) is 5.81. The first-order valence-electron chi connectivity index (χ1n) is 4.00. The summed E-state index contributed by atoms with van der Waals surface area (Å²) in [6.07, 6.45) is 0. The fraction of sp³-hybridized carbons (Fsp3) is 0.333. The Morgan fingerprint density at radius 1 is 1.46 bits per heavy atom. The van der Waals surface area contributed by atoms with E-state index in [4.69, 9.17) is 5.73 Å². The van der Waals surface area contributed by atoms with Crippen LogP contribution in [0.4, 0.5) is 8.78 Å². The molecule has 13 heavy (non-hydrogen) atoms. The van der Waals surface area contributed by atoms with Crippen LogP contribution in [0, 0.1) is 11.6 Å². The highest BCUT2D eigenvalue weighted by molar-refractivity contribution is 5.22. The van der Waals surface area contributed by atoms with Crippen molar-refractivity contribution in [2.75, 3.05) is 13.6 Å². The number of halogens is 2. The van der Waals surface area contributed by atoms with Crippen LogP contribution < -0.4 is 11.1 Å². The molecule has 0 saturated carbocycles. The molecule has 0 heterocycles. The molecule has 72 valence electrons. The normalized spacial score (nSPS) is 12.9. The standard InChI is InChI=1S/C9H12F2N2/c1-13-5-9(12)7-4-6(10)2-3-8(7)11/h2-4,9,13H,5,12H2,1H3. The molecule has 0 bridgehead atoms. The number of hydrogen-bond donors (Lipinski definition) is 2. The number of likely N-dealkylation sites (N-methyl/N-ethyl adjacent to an activating group) is 1. The van der Waals surface area contributed by atoms with Gasteiger partial charge in [0.15, 0.2) is 0 Å². The molecule has 1 aromatic rings. The minimum Gasteiger partial charge on any atom is -0.323 e. The van der Waals surface area contributed by atoms with Crippen molar-refractivity contribution in [2.24, 2.45) is 5.73 Å². The van der Waals surface area contributed by atoms with Crippen LogP contribution in [0.25, 0.3) is 0 Å². The van der Waals surface area contributed by atoms with E-state index in [9.17, 15) is 8.78 Å². The van der Waals surface area contributed by atoms with Gasteiger partial charge in [-0.15, -0.1) is 0 Å². The van der Waals surface area contributed by atoms with Gasteiger partial charge in [0.2, 0.25) is 0 Å². The highest BCUT2D eigenvalue weighted by atomic mass is 19.1. The molecule has 1 aromatic carbocycles. The molecule has 1 atom stereocenters. The number of nitrogens with two attached hydrogens (primary N) is 1. The van der Waals surface area contributed by atoms with E-state index >= 15 is 0 Å². The number of hydrogen-bond acceptors (Lipinski definition) is 2. The van der Waals surface area contributed by atoms with E-state index in [1.54, 1.807) is 7.05 Å². The van der Waals surface area contributed by atoms with Crippen molar-refractivity contribution in [3.05, 3.63) is 35.4 Å². The van der Waals surface area contributed by atoms with Gasteiger partial charge in [0.1, 0.15) is 11.6 Å². The fourth-order valence-electron chi connectivity index (χ4n) is 1.13. The molecule has 0 radical (unpaired) electrons. The Morgan fingerprint density at radius 2 is 2.15 bits per heavy atom. The SMILES string of the molecule is CNCC(N)c1cc(F)ccc1F. The van der Waals surface area contributed by atoms with Gasteiger partial charge in [-0.2, -0.15) is 0 Å². The van der Waals surface area contributed by atoms with Crippen LogP contribution in [0.2, 0.25) is 0 Å². The van der Waals surface area contributed by atoms with Crippen LogP contribution in [0.15, 0.2) is 18.2 Å². The van der Waals surface area contributed by atoms with Gasteiger partial charge in [-0.1, -0.05) is 0 Å². The second-order valence-corrected chi connectivity index (χ2v) is 2.83. The first-order valence-corrected chi connectivity index (χ1v) is 4.00. The van der Waals surface area contributed by atoms with E-state index in [0.29, 0.717) is 6.54 Å². The summed E-state index contributed by atoms with van der Waals surface area (Å²) in [6.45, 7) is 0.417. The van der Waals surface area contributed by atoms with E-state index < -0.39 is 17.7 Å². The Hall–Kier alpha value is -1.00. The number of benzene rings is 1. The first-order chi connectivity index (χ1) is 6.15. The molecule has 2 nitrogen and oxygen atoms in total. The van der Waals surface area contributed by atoms with Crippen LogP contribution in [0.1, 0.15) is 11.6 Å². The molecule has 4 heteroatoms. The predicted molar refractivity (Wildman–Crippen MR) is 47.2 cm³/mol. The van der Waals surface area contributed by atoms with Crippen molar-refractivity contribution >= 4 is 0 Å². The maximum atomic E-state index is 13.1. The zero-order valence-corrected chi connectivity index (χ0v) is 7.35. The van der Waals surface area contributed by atoms with Crippen molar-refractivity contribution in [3.63, 3.8) is 0 Å². The Balaban J connectivity index is 2.91. The third-order valence-electron chi connectivity index (χ3n) is 1.78. The lowest BCUT2D eigenvalue weighted by molar-refractivity contribution is 0.551. The molecule has 0 spiro atoms. The van der Waals surface area contributed by atoms with Crippen LogP contribution in [0.3, 0.4) is 0 Å². The van der Waals surface area contributed by atoms with Crippen molar-refractivity contribution in [3.8, 4) is 0 Å². The van der Waals surface area contributed by atoms with Gasteiger partial charge in [0.05, 0.1) is 0 Å². The lowest BCUT2D eigenvalue weighted by atomic mass is 10.1. The monoisotopic (exact) mass is 186 g/mol. The van der Waals surface area contributed by atoms with Gasteiger partial charge in [0, 0.05) is 18.2 Å². The molecule has 1 unspecified atom stereocenters. The summed E-state index contributed by atoms with van der Waals surface area (Å²) in [5, 5.41) is 2.80. The zero-order chi connectivity index (χ0) is 9.84. The van der Waals surface area contributed by atoms with Gasteiger partial charge < -0.3 is 11.1 Å². The van der Waals surface area contributed by atoms with E-state index in [-0.39, 0.29) is 5.56 Å². The molecular formula is C9H12F2N2. The maximum absolute atomic E-state index is 13.1. The summed E-state index contributed by atoms with van der Waals surface area (Å²) < 4.78 is 25.8. The largest absolute Gasteiger partial charge is 0.323 e. The minimum atomic E-state index is -0.513. The van der Waals surface area contributed by atoms with E-state index in [0.717, 1.165) is 18.2 Å². The zero-order valence-electron chi connectivity index (χ0n) is 7.35. The summed E-state index contributed by atoms with van der Waals surface area (Å²) in [4.78, 5) is 0. The minimum absolute atomic E-state index is 0.203. The Kier molecular flexibility index (Phi) is 3.33. The van der Waals surface area contributed by atoms with E-state index in [1.165, 1.54) is 0 Å². The molecule has 0 aliphatic rings. The number of nitrogens with one attached hydrogen (secondary N) is 1. The molecule has 0 saturated heterocycles. The predicted octanol–water partition coefficient (Wildman–Crippen LogP) is 1.18. The van der Waals surface area contributed by atoms with Crippen LogP contribution in [-0.4, -0.2) is 13.6 Å². The lowest BCUT2D eigenvalue weighted by Gasteiger charge is -2.11. The summed E-state index contributed by atoms with van der Waals surface area (Å²) in [6, 6.07) is 2.77. The Labute approximate surface area is 75.7 Å². The Bertz CT molecular complexity index is 289. The van der Waals surface area contributed by atoms with E-state index in [1.807, 2.05) is 0 Å². The van der Waals surface area contributed by atoms with Crippen LogP contribution >= 0.6 is 0 Å². The lowest BCUT2D eigenvalue weighted by Crippen LogP contribution is -2.24. The van der Waals surface area contributed by atoms with Crippen LogP contribution in [-0.2, 0) is 0 Å². The average molecular weight is 186 g/mol. The van der Waals surface area contributed by atoms with Gasteiger partial charge in [0.25, 0.3) is 0 Å². The molecule has 0 amide bonds. The van der Waals surface area contributed by atoms with Crippen molar-refractivity contribution < 1.29 is 8.78 Å². The topological polar surface area (TPSA) is 38.0 Å². The molecule has 0 aliphatic carbocycles. The van der Waals surface area contributed by atoms with Gasteiger partial charge in [-0.3, -0.25) is 0 Å². The molecule has 0 aromatic heterocycles. The Morgan fingerprint density at radius 3 is 2.77 bits per heavy atom. The smallest absolute Gasteiger partial charge is 0.128 e. The van der Waals surface area contributed by atoms with E-state index in [2.05, 4.69) is 5.32 Å². The summed E-state index contributed by atoms with van der Waals surface area (Å²) in [7, 11) is 1.71. The van der Waals surface area contributed by atoms with Gasteiger partial charge in [-0.05, 0) is 25.2 Å². The molecule has 1 rings (SSSR count). The van der Waals surface area contributed by atoms with Crippen molar-refractivity contribution in [2.45, 2.75) is 6.04 Å². The first kappa shape index (κ1) is 10.1. The second-order valence-electron chi connectivity index (χ2n) is 2.83. The van der Waals surface area contributed by atoms with Crippen LogP contribution in [0.5, 0.6) is 0 Å². The molecule has 3 N–H and O–H groups in total. The van der Waals surface area contributed by atoms with Crippen molar-refractivity contribution in [1.82, 2.24) is 5.32 Å². The highest BCUT2D eigenvalue weighted by Gasteiger charge is 2.10. The summed E-state index contributed by atoms with van der Waals surface area (Å²) in [5.74, 6) is -0.938. The fourth-order valence-corrected chi connectivity index (χ4v) is 1.13. The third kappa shape index (κ3) is 2.47. The molecule has 0 fully saturated rings. The van der Waals surface area contributed by atoms with Crippen molar-refractivity contribution in [1.29, 1.82) is 0 Å². The number of rotatable bonds is 3. The third-order valence-corrected chi connectivity index (χ3v) is 1.78. The van der Waals surface area contributed by atoms with Gasteiger partial charge >= 0.3 is 0 Å².